The molecule has 0 bridgehead atoms. The number of thioether (sulfide) groups is 1. The predicted octanol–water partition coefficient (Wildman–Crippen LogP) is 5.79. The summed E-state index contributed by atoms with van der Waals surface area (Å²) < 4.78 is 0. The molecule has 0 radical (unpaired) electrons. The fourth-order valence-electron chi connectivity index (χ4n) is 3.94. The lowest BCUT2D eigenvalue weighted by Crippen LogP contribution is -2.42. The fourth-order valence-corrected chi connectivity index (χ4v) is 4.64. The van der Waals surface area contributed by atoms with E-state index in [-0.39, 0.29) is 5.91 Å². The van der Waals surface area contributed by atoms with Crippen LogP contribution in [-0.2, 0) is 9.59 Å². The van der Waals surface area contributed by atoms with Gasteiger partial charge in [0.25, 0.3) is 0 Å². The van der Waals surface area contributed by atoms with Crippen LogP contribution < -0.4 is 5.32 Å². The number of carbonyl (C=O) groups is 2. The zero-order chi connectivity index (χ0) is 19.7. The third kappa shape index (κ3) is 13.2. The zero-order valence-electron chi connectivity index (χ0n) is 17.3. The number of hydrogen-bond donors (Lipinski definition) is 2. The number of carboxylic acid groups (broad SMARTS) is 1. The van der Waals surface area contributed by atoms with Gasteiger partial charge in [0.1, 0.15) is 6.04 Å². The van der Waals surface area contributed by atoms with Crippen LogP contribution in [0, 0.1) is 5.92 Å². The van der Waals surface area contributed by atoms with Crippen LogP contribution in [-0.4, -0.2) is 34.5 Å². The Kier molecular flexibility index (Phi) is 14.7. The summed E-state index contributed by atoms with van der Waals surface area (Å²) in [6.45, 7) is 2.21. The van der Waals surface area contributed by atoms with Crippen molar-refractivity contribution in [3.05, 3.63) is 0 Å². The van der Waals surface area contributed by atoms with Crippen molar-refractivity contribution in [2.45, 2.75) is 109 Å². The van der Waals surface area contributed by atoms with Crippen molar-refractivity contribution in [1.82, 2.24) is 5.32 Å². The Morgan fingerprint density at radius 1 is 0.963 bits per heavy atom. The molecule has 27 heavy (non-hydrogen) atoms. The van der Waals surface area contributed by atoms with E-state index in [9.17, 15) is 14.7 Å². The third-order valence-electron chi connectivity index (χ3n) is 5.57. The molecule has 1 amide bonds. The Bertz CT molecular complexity index is 397. The van der Waals surface area contributed by atoms with Crippen LogP contribution >= 0.6 is 11.8 Å². The van der Waals surface area contributed by atoms with Gasteiger partial charge >= 0.3 is 5.97 Å². The number of hydrogen-bond acceptors (Lipinski definition) is 3. The van der Waals surface area contributed by atoms with Crippen LogP contribution in [0.15, 0.2) is 0 Å². The Labute approximate surface area is 170 Å². The molecule has 1 rings (SSSR count). The van der Waals surface area contributed by atoms with Crippen molar-refractivity contribution in [3.63, 3.8) is 0 Å². The van der Waals surface area contributed by atoms with Crippen LogP contribution in [0.5, 0.6) is 0 Å². The van der Waals surface area contributed by atoms with Gasteiger partial charge in [0.05, 0.1) is 0 Å². The molecule has 158 valence electrons. The summed E-state index contributed by atoms with van der Waals surface area (Å²) in [6, 6.07) is -0.702. The highest BCUT2D eigenvalue weighted by atomic mass is 32.2. The van der Waals surface area contributed by atoms with Crippen molar-refractivity contribution < 1.29 is 14.7 Å². The monoisotopic (exact) mass is 399 g/mol. The molecule has 0 aromatic rings. The van der Waals surface area contributed by atoms with Crippen LogP contribution in [0.25, 0.3) is 0 Å². The predicted molar refractivity (Wildman–Crippen MR) is 115 cm³/mol. The quantitative estimate of drug-likeness (QED) is 0.322. The van der Waals surface area contributed by atoms with E-state index in [1.807, 2.05) is 11.8 Å². The molecule has 4 nitrogen and oxygen atoms in total. The summed E-state index contributed by atoms with van der Waals surface area (Å²) in [7, 11) is 0. The lowest BCUT2D eigenvalue weighted by atomic mass is 9.85. The largest absolute Gasteiger partial charge is 0.480 e. The topological polar surface area (TPSA) is 66.4 Å². The number of nitrogens with one attached hydrogen (secondary N) is 1. The number of carbonyl (C=O) groups excluding carboxylic acids is 1. The molecule has 0 aliphatic heterocycles. The molecule has 0 saturated heterocycles. The van der Waals surface area contributed by atoms with E-state index in [1.165, 1.54) is 69.3 Å². The van der Waals surface area contributed by atoms with Crippen molar-refractivity contribution in [3.8, 4) is 0 Å². The standard InChI is InChI=1S/C22H41NO3S/c1-2-27-17-13-8-6-4-3-5-7-12-16-21(24)23-20(22(25)26)18-19-14-10-9-11-15-19/h19-20H,2-18H2,1H3,(H,23,24)(H,25,26)/t20-/m0/s1. The summed E-state index contributed by atoms with van der Waals surface area (Å²) in [6.07, 6.45) is 16.6. The molecule has 0 aromatic heterocycles. The van der Waals surface area contributed by atoms with Gasteiger partial charge in [-0.05, 0) is 36.7 Å². The van der Waals surface area contributed by atoms with Gasteiger partial charge in [-0.25, -0.2) is 4.79 Å². The van der Waals surface area contributed by atoms with E-state index < -0.39 is 12.0 Å². The van der Waals surface area contributed by atoms with Gasteiger partial charge in [-0.2, -0.15) is 11.8 Å². The summed E-state index contributed by atoms with van der Waals surface area (Å²) in [5, 5.41) is 12.2. The highest BCUT2D eigenvalue weighted by Gasteiger charge is 2.25. The maximum Gasteiger partial charge on any atom is 0.326 e. The molecule has 1 fully saturated rings. The maximum atomic E-state index is 12.1. The second-order valence-corrected chi connectivity index (χ2v) is 9.37. The van der Waals surface area contributed by atoms with Crippen molar-refractivity contribution in [2.75, 3.05) is 11.5 Å². The number of unbranched alkanes of at least 4 members (excludes halogenated alkanes) is 7. The highest BCUT2D eigenvalue weighted by Crippen LogP contribution is 2.27. The van der Waals surface area contributed by atoms with Gasteiger partial charge in [0.2, 0.25) is 5.91 Å². The first kappa shape index (κ1) is 24.3. The molecule has 0 unspecified atom stereocenters. The first-order valence-corrected chi connectivity index (χ1v) is 12.4. The van der Waals surface area contributed by atoms with Crippen LogP contribution in [0.3, 0.4) is 0 Å². The Hall–Kier alpha value is -0.710. The Balaban J connectivity index is 2.02. The summed E-state index contributed by atoms with van der Waals surface area (Å²) in [5.41, 5.74) is 0. The number of carboxylic acids is 1. The molecule has 0 aromatic carbocycles. The van der Waals surface area contributed by atoms with Crippen molar-refractivity contribution in [1.29, 1.82) is 0 Å². The lowest BCUT2D eigenvalue weighted by Gasteiger charge is -2.25. The van der Waals surface area contributed by atoms with Gasteiger partial charge in [-0.3, -0.25) is 4.79 Å². The van der Waals surface area contributed by atoms with Gasteiger partial charge in [0.15, 0.2) is 0 Å². The molecule has 5 heteroatoms. The average molecular weight is 400 g/mol. The first-order valence-electron chi connectivity index (χ1n) is 11.2. The molecule has 1 aliphatic rings. The lowest BCUT2D eigenvalue weighted by molar-refractivity contribution is -0.142. The molecular weight excluding hydrogens is 358 g/mol. The second-order valence-electron chi connectivity index (χ2n) is 7.97. The van der Waals surface area contributed by atoms with Gasteiger partial charge < -0.3 is 10.4 Å². The highest BCUT2D eigenvalue weighted by molar-refractivity contribution is 7.99. The van der Waals surface area contributed by atoms with Gasteiger partial charge in [0, 0.05) is 6.42 Å². The van der Waals surface area contributed by atoms with Gasteiger partial charge in [-0.15, -0.1) is 0 Å². The van der Waals surface area contributed by atoms with E-state index in [0.717, 1.165) is 25.7 Å². The Morgan fingerprint density at radius 2 is 1.56 bits per heavy atom. The molecular formula is C22H41NO3S. The van der Waals surface area contributed by atoms with Crippen LogP contribution in [0.2, 0.25) is 0 Å². The molecule has 0 spiro atoms. The minimum Gasteiger partial charge on any atom is -0.480 e. The zero-order valence-corrected chi connectivity index (χ0v) is 18.2. The molecule has 1 aliphatic carbocycles. The van der Waals surface area contributed by atoms with Crippen molar-refractivity contribution >= 4 is 23.6 Å². The third-order valence-corrected chi connectivity index (χ3v) is 6.56. The first-order chi connectivity index (χ1) is 13.1. The minimum absolute atomic E-state index is 0.0911. The molecule has 0 heterocycles. The van der Waals surface area contributed by atoms with E-state index in [1.54, 1.807) is 0 Å². The summed E-state index contributed by atoms with van der Waals surface area (Å²) >= 11 is 2.03. The smallest absolute Gasteiger partial charge is 0.326 e. The van der Waals surface area contributed by atoms with E-state index in [2.05, 4.69) is 12.2 Å². The van der Waals surface area contributed by atoms with E-state index >= 15 is 0 Å². The number of amides is 1. The molecule has 1 atom stereocenters. The van der Waals surface area contributed by atoms with Crippen molar-refractivity contribution in [2.24, 2.45) is 5.92 Å². The summed E-state index contributed by atoms with van der Waals surface area (Å²) in [5.74, 6) is 2.00. The SMILES string of the molecule is CCSCCCCCCCCCCC(=O)N[C@@H](CC1CCCCC1)C(=O)O. The molecule has 1 saturated carbocycles. The maximum absolute atomic E-state index is 12.1. The van der Waals surface area contributed by atoms with E-state index in [4.69, 9.17) is 0 Å². The van der Waals surface area contributed by atoms with Crippen LogP contribution in [0.1, 0.15) is 103 Å². The Morgan fingerprint density at radius 3 is 2.15 bits per heavy atom. The number of rotatable bonds is 16. The fraction of sp³-hybridized carbons (Fsp3) is 0.909. The average Bonchev–Trinajstić information content (AvgIpc) is 2.66. The van der Waals surface area contributed by atoms with Gasteiger partial charge in [-0.1, -0.05) is 77.6 Å². The normalized spacial score (nSPS) is 16.2. The second kappa shape index (κ2) is 16.3. The van der Waals surface area contributed by atoms with Crippen LogP contribution in [0.4, 0.5) is 0 Å². The molecule has 2 N–H and O–H groups in total. The summed E-state index contributed by atoms with van der Waals surface area (Å²) in [4.78, 5) is 23.5. The minimum atomic E-state index is -0.883. The van der Waals surface area contributed by atoms with E-state index in [0.29, 0.717) is 18.8 Å². The number of aliphatic carboxylic acids is 1.